The Morgan fingerprint density at radius 2 is 1.76 bits per heavy atom. The molecule has 2 aromatic rings. The van der Waals surface area contributed by atoms with E-state index in [1.54, 1.807) is 18.5 Å². The van der Waals surface area contributed by atoms with Crippen LogP contribution in [0, 0.1) is 13.8 Å². The first kappa shape index (κ1) is 17.2. The summed E-state index contributed by atoms with van der Waals surface area (Å²) < 4.78 is 5.62. The minimum atomic E-state index is 0.0808. The molecule has 6 nitrogen and oxygen atoms in total. The molecule has 1 saturated heterocycles. The molecule has 0 atom stereocenters. The molecule has 1 aromatic heterocycles. The van der Waals surface area contributed by atoms with Gasteiger partial charge in [-0.15, -0.1) is 0 Å². The highest BCUT2D eigenvalue weighted by Crippen LogP contribution is 2.24. The third kappa shape index (κ3) is 3.73. The standard InChI is InChI=1S/C19H24N4O2/c1-4-25-17-13-14(2)16(12-15(17)3)18(24)22-8-10-23(11-9-22)19-20-6-5-7-21-19/h5-7,12-13H,4,8-11H2,1-3H3. The number of anilines is 1. The van der Waals surface area contributed by atoms with Crippen molar-refractivity contribution >= 4 is 11.9 Å². The second-order valence-corrected chi connectivity index (χ2v) is 6.19. The van der Waals surface area contributed by atoms with Gasteiger partial charge in [-0.25, -0.2) is 9.97 Å². The van der Waals surface area contributed by atoms with Crippen LogP contribution in [-0.2, 0) is 0 Å². The maximum atomic E-state index is 12.9. The Kier molecular flexibility index (Phi) is 5.16. The van der Waals surface area contributed by atoms with Crippen LogP contribution >= 0.6 is 0 Å². The first-order chi connectivity index (χ1) is 12.1. The predicted molar refractivity (Wildman–Crippen MR) is 97.2 cm³/mol. The summed E-state index contributed by atoms with van der Waals surface area (Å²) in [6.45, 7) is 9.34. The average Bonchev–Trinajstić information content (AvgIpc) is 2.65. The van der Waals surface area contributed by atoms with Crippen molar-refractivity contribution in [3.8, 4) is 5.75 Å². The summed E-state index contributed by atoms with van der Waals surface area (Å²) in [5.41, 5.74) is 2.70. The molecule has 0 saturated carbocycles. The fraction of sp³-hybridized carbons (Fsp3) is 0.421. The van der Waals surface area contributed by atoms with E-state index in [4.69, 9.17) is 4.74 Å². The number of hydrogen-bond acceptors (Lipinski definition) is 5. The number of rotatable bonds is 4. The second-order valence-electron chi connectivity index (χ2n) is 6.19. The summed E-state index contributed by atoms with van der Waals surface area (Å²) in [6.07, 6.45) is 3.48. The maximum Gasteiger partial charge on any atom is 0.254 e. The van der Waals surface area contributed by atoms with Gasteiger partial charge in [0.05, 0.1) is 6.61 Å². The largest absolute Gasteiger partial charge is 0.494 e. The van der Waals surface area contributed by atoms with Gasteiger partial charge >= 0.3 is 0 Å². The lowest BCUT2D eigenvalue weighted by atomic mass is 10.0. The normalized spacial score (nSPS) is 14.5. The van der Waals surface area contributed by atoms with Crippen LogP contribution in [0.25, 0.3) is 0 Å². The van der Waals surface area contributed by atoms with E-state index in [-0.39, 0.29) is 5.91 Å². The number of amides is 1. The van der Waals surface area contributed by atoms with E-state index in [0.717, 1.165) is 41.5 Å². The Morgan fingerprint density at radius 1 is 1.08 bits per heavy atom. The number of aryl methyl sites for hydroxylation is 2. The Balaban J connectivity index is 1.69. The highest BCUT2D eigenvalue weighted by Gasteiger charge is 2.24. The fourth-order valence-electron chi connectivity index (χ4n) is 3.07. The minimum absolute atomic E-state index is 0.0808. The molecule has 0 bridgehead atoms. The fourth-order valence-corrected chi connectivity index (χ4v) is 3.07. The van der Waals surface area contributed by atoms with Crippen molar-refractivity contribution in [1.82, 2.24) is 14.9 Å². The Labute approximate surface area is 148 Å². The van der Waals surface area contributed by atoms with Crippen LogP contribution in [0.4, 0.5) is 5.95 Å². The molecular weight excluding hydrogens is 316 g/mol. The third-order valence-electron chi connectivity index (χ3n) is 4.45. The van der Waals surface area contributed by atoms with E-state index in [1.807, 2.05) is 37.8 Å². The van der Waals surface area contributed by atoms with Gasteiger partial charge in [-0.2, -0.15) is 0 Å². The highest BCUT2D eigenvalue weighted by molar-refractivity contribution is 5.96. The van der Waals surface area contributed by atoms with E-state index >= 15 is 0 Å². The molecule has 1 aromatic carbocycles. The lowest BCUT2D eigenvalue weighted by Gasteiger charge is -2.35. The van der Waals surface area contributed by atoms with Crippen LogP contribution in [0.1, 0.15) is 28.4 Å². The molecule has 0 spiro atoms. The number of carbonyl (C=O) groups excluding carboxylic acids is 1. The number of piperazine rings is 1. The van der Waals surface area contributed by atoms with Crippen LogP contribution in [0.5, 0.6) is 5.75 Å². The van der Waals surface area contributed by atoms with Crippen molar-refractivity contribution < 1.29 is 9.53 Å². The molecule has 1 aliphatic rings. The zero-order valence-corrected chi connectivity index (χ0v) is 15.0. The van der Waals surface area contributed by atoms with Crippen LogP contribution in [0.15, 0.2) is 30.6 Å². The SMILES string of the molecule is CCOc1cc(C)c(C(=O)N2CCN(c3ncccn3)CC2)cc1C. The summed E-state index contributed by atoms with van der Waals surface area (Å²) in [4.78, 5) is 25.5. The molecule has 1 aliphatic heterocycles. The molecule has 0 unspecified atom stereocenters. The van der Waals surface area contributed by atoms with E-state index in [2.05, 4.69) is 14.9 Å². The van der Waals surface area contributed by atoms with Crippen LogP contribution in [0.2, 0.25) is 0 Å². The van der Waals surface area contributed by atoms with Crippen molar-refractivity contribution in [3.63, 3.8) is 0 Å². The molecule has 0 N–H and O–H groups in total. The molecule has 6 heteroatoms. The van der Waals surface area contributed by atoms with Gasteiger partial charge in [0.25, 0.3) is 5.91 Å². The topological polar surface area (TPSA) is 58.6 Å². The molecule has 25 heavy (non-hydrogen) atoms. The summed E-state index contributed by atoms with van der Waals surface area (Å²) in [6, 6.07) is 5.70. The van der Waals surface area contributed by atoms with Gasteiger partial charge in [0.2, 0.25) is 5.95 Å². The lowest BCUT2D eigenvalue weighted by molar-refractivity contribution is 0.0745. The highest BCUT2D eigenvalue weighted by atomic mass is 16.5. The van der Waals surface area contributed by atoms with Gasteiger partial charge in [0, 0.05) is 44.1 Å². The number of benzene rings is 1. The van der Waals surface area contributed by atoms with Crippen LogP contribution in [0.3, 0.4) is 0 Å². The monoisotopic (exact) mass is 340 g/mol. The third-order valence-corrected chi connectivity index (χ3v) is 4.45. The Bertz CT molecular complexity index is 741. The first-order valence-electron chi connectivity index (χ1n) is 8.65. The van der Waals surface area contributed by atoms with Crippen molar-refractivity contribution in [2.24, 2.45) is 0 Å². The quantitative estimate of drug-likeness (QED) is 0.856. The maximum absolute atomic E-state index is 12.9. The van der Waals surface area contributed by atoms with Crippen molar-refractivity contribution in [1.29, 1.82) is 0 Å². The molecule has 1 amide bonds. The second kappa shape index (κ2) is 7.51. The van der Waals surface area contributed by atoms with Gasteiger partial charge < -0.3 is 14.5 Å². The van der Waals surface area contributed by atoms with E-state index in [1.165, 1.54) is 0 Å². The van der Waals surface area contributed by atoms with Crippen LogP contribution < -0.4 is 9.64 Å². The zero-order chi connectivity index (χ0) is 17.8. The number of nitrogens with zero attached hydrogens (tertiary/aromatic N) is 4. The van der Waals surface area contributed by atoms with Crippen molar-refractivity contribution in [2.75, 3.05) is 37.7 Å². The van der Waals surface area contributed by atoms with Gasteiger partial charge in [-0.05, 0) is 50.1 Å². The van der Waals surface area contributed by atoms with E-state index in [9.17, 15) is 4.79 Å². The molecule has 0 aliphatic carbocycles. The number of carbonyl (C=O) groups is 1. The van der Waals surface area contributed by atoms with Crippen molar-refractivity contribution in [3.05, 3.63) is 47.3 Å². The van der Waals surface area contributed by atoms with Gasteiger partial charge in [0.15, 0.2) is 0 Å². The molecule has 0 radical (unpaired) electrons. The first-order valence-corrected chi connectivity index (χ1v) is 8.65. The zero-order valence-electron chi connectivity index (χ0n) is 15.0. The molecule has 2 heterocycles. The Morgan fingerprint density at radius 3 is 2.40 bits per heavy atom. The van der Waals surface area contributed by atoms with Gasteiger partial charge in [-0.3, -0.25) is 4.79 Å². The van der Waals surface area contributed by atoms with Crippen molar-refractivity contribution in [2.45, 2.75) is 20.8 Å². The molecule has 1 fully saturated rings. The predicted octanol–water partition coefficient (Wildman–Crippen LogP) is 2.45. The molecule has 132 valence electrons. The summed E-state index contributed by atoms with van der Waals surface area (Å²) >= 11 is 0. The summed E-state index contributed by atoms with van der Waals surface area (Å²) in [7, 11) is 0. The van der Waals surface area contributed by atoms with Gasteiger partial charge in [-0.1, -0.05) is 0 Å². The Hall–Kier alpha value is -2.63. The van der Waals surface area contributed by atoms with E-state index < -0.39 is 0 Å². The number of aromatic nitrogens is 2. The molecular formula is C19H24N4O2. The number of ether oxygens (including phenoxy) is 1. The average molecular weight is 340 g/mol. The lowest BCUT2D eigenvalue weighted by Crippen LogP contribution is -2.49. The smallest absolute Gasteiger partial charge is 0.254 e. The summed E-state index contributed by atoms with van der Waals surface area (Å²) in [5.74, 6) is 1.66. The van der Waals surface area contributed by atoms with E-state index in [0.29, 0.717) is 19.7 Å². The minimum Gasteiger partial charge on any atom is -0.494 e. The summed E-state index contributed by atoms with van der Waals surface area (Å²) in [5, 5.41) is 0. The van der Waals surface area contributed by atoms with Gasteiger partial charge in [0.1, 0.15) is 5.75 Å². The van der Waals surface area contributed by atoms with Crippen LogP contribution in [-0.4, -0.2) is 53.6 Å². The number of hydrogen-bond donors (Lipinski definition) is 0. The molecule has 3 rings (SSSR count).